The van der Waals surface area contributed by atoms with Crippen molar-refractivity contribution >= 4 is 11.8 Å². The summed E-state index contributed by atoms with van der Waals surface area (Å²) in [7, 11) is 0. The molecule has 1 aliphatic rings. The second-order valence-corrected chi connectivity index (χ2v) is 6.28. The van der Waals surface area contributed by atoms with Crippen molar-refractivity contribution in [1.29, 1.82) is 0 Å². The van der Waals surface area contributed by atoms with Crippen molar-refractivity contribution in [1.82, 2.24) is 15.2 Å². The van der Waals surface area contributed by atoms with E-state index in [-0.39, 0.29) is 23.3 Å². The lowest BCUT2D eigenvalue weighted by molar-refractivity contribution is -0.119. The standard InChI is InChI=1S/C21H19N3O2/c1-15(2)19-23-20(25)18(11-10-16-7-6-12-22-13-16)14-24(19)21(26)17-8-4-3-5-9-17/h3-9,12-15,19H,1-2H3,(H,23,25)/t19-/m0/s1. The molecule has 3 rings (SSSR count). The monoisotopic (exact) mass is 345 g/mol. The summed E-state index contributed by atoms with van der Waals surface area (Å²) in [6.45, 7) is 3.91. The van der Waals surface area contributed by atoms with Crippen LogP contribution in [-0.4, -0.2) is 27.9 Å². The molecule has 0 saturated heterocycles. The van der Waals surface area contributed by atoms with Crippen molar-refractivity contribution in [2.75, 3.05) is 0 Å². The van der Waals surface area contributed by atoms with Gasteiger partial charge in [0.15, 0.2) is 0 Å². The van der Waals surface area contributed by atoms with Crippen LogP contribution in [0.25, 0.3) is 0 Å². The van der Waals surface area contributed by atoms with Gasteiger partial charge >= 0.3 is 0 Å². The van der Waals surface area contributed by atoms with Gasteiger partial charge in [-0.2, -0.15) is 0 Å². The molecule has 5 nitrogen and oxygen atoms in total. The normalized spacial score (nSPS) is 16.4. The number of pyridine rings is 1. The van der Waals surface area contributed by atoms with Crippen LogP contribution in [-0.2, 0) is 4.79 Å². The fourth-order valence-corrected chi connectivity index (χ4v) is 2.63. The Morgan fingerprint density at radius 2 is 1.92 bits per heavy atom. The summed E-state index contributed by atoms with van der Waals surface area (Å²) in [5, 5.41) is 2.88. The molecule has 1 atom stereocenters. The molecule has 0 unspecified atom stereocenters. The van der Waals surface area contributed by atoms with Crippen molar-refractivity contribution in [3.63, 3.8) is 0 Å². The summed E-state index contributed by atoms with van der Waals surface area (Å²) in [5.74, 6) is 5.35. The number of benzene rings is 1. The fourth-order valence-electron chi connectivity index (χ4n) is 2.63. The third-order valence-electron chi connectivity index (χ3n) is 3.98. The van der Waals surface area contributed by atoms with Gasteiger partial charge in [-0.15, -0.1) is 0 Å². The highest BCUT2D eigenvalue weighted by atomic mass is 16.2. The average molecular weight is 345 g/mol. The van der Waals surface area contributed by atoms with E-state index >= 15 is 0 Å². The largest absolute Gasteiger partial charge is 0.331 e. The molecule has 0 saturated carbocycles. The number of rotatable bonds is 2. The molecule has 1 aromatic heterocycles. The van der Waals surface area contributed by atoms with E-state index in [0.29, 0.717) is 11.1 Å². The first-order chi connectivity index (χ1) is 12.6. The minimum atomic E-state index is -0.417. The predicted molar refractivity (Wildman–Crippen MR) is 98.6 cm³/mol. The van der Waals surface area contributed by atoms with Crippen LogP contribution < -0.4 is 5.32 Å². The number of amides is 2. The van der Waals surface area contributed by atoms with E-state index in [9.17, 15) is 9.59 Å². The Morgan fingerprint density at radius 3 is 2.58 bits per heavy atom. The van der Waals surface area contributed by atoms with E-state index in [0.717, 1.165) is 0 Å². The molecule has 0 bridgehead atoms. The molecule has 1 aliphatic heterocycles. The molecule has 0 radical (unpaired) electrons. The number of carbonyl (C=O) groups is 2. The maximum Gasteiger partial charge on any atom is 0.262 e. The summed E-state index contributed by atoms with van der Waals surface area (Å²) in [6.07, 6.45) is 4.41. The molecule has 2 heterocycles. The number of hydrogen-bond acceptors (Lipinski definition) is 3. The van der Waals surface area contributed by atoms with E-state index in [1.807, 2.05) is 38.1 Å². The van der Waals surface area contributed by atoms with E-state index in [4.69, 9.17) is 0 Å². The fraction of sp³-hybridized carbons (Fsp3) is 0.190. The smallest absolute Gasteiger partial charge is 0.262 e. The Labute approximate surface area is 152 Å². The second-order valence-electron chi connectivity index (χ2n) is 6.28. The maximum absolute atomic E-state index is 12.9. The number of nitrogens with one attached hydrogen (secondary N) is 1. The van der Waals surface area contributed by atoms with Crippen LogP contribution >= 0.6 is 0 Å². The third-order valence-corrected chi connectivity index (χ3v) is 3.98. The van der Waals surface area contributed by atoms with Crippen LogP contribution in [0.3, 0.4) is 0 Å². The molecule has 26 heavy (non-hydrogen) atoms. The number of hydrogen-bond donors (Lipinski definition) is 1. The van der Waals surface area contributed by atoms with Crippen molar-refractivity contribution < 1.29 is 9.59 Å². The molecule has 1 aromatic carbocycles. The number of carbonyl (C=O) groups excluding carboxylic acids is 2. The summed E-state index contributed by atoms with van der Waals surface area (Å²) in [4.78, 5) is 30.9. The molecule has 0 spiro atoms. The zero-order valence-electron chi connectivity index (χ0n) is 14.6. The SMILES string of the molecule is CC(C)[C@H]1NC(=O)C(C#Cc2cccnc2)=CN1C(=O)c1ccccc1. The zero-order valence-corrected chi connectivity index (χ0v) is 14.6. The molecule has 0 fully saturated rings. The number of aromatic nitrogens is 1. The topological polar surface area (TPSA) is 62.3 Å². The Kier molecular flexibility index (Phi) is 5.14. The van der Waals surface area contributed by atoms with Crippen LogP contribution in [0.4, 0.5) is 0 Å². The predicted octanol–water partition coefficient (Wildman–Crippen LogP) is 2.57. The van der Waals surface area contributed by atoms with E-state index in [1.54, 1.807) is 41.7 Å². The summed E-state index contributed by atoms with van der Waals surface area (Å²) in [6, 6.07) is 12.6. The first-order valence-electron chi connectivity index (χ1n) is 8.38. The van der Waals surface area contributed by atoms with Gasteiger partial charge in [-0.3, -0.25) is 19.5 Å². The van der Waals surface area contributed by atoms with E-state index in [1.165, 1.54) is 0 Å². The molecule has 130 valence electrons. The minimum absolute atomic E-state index is 0.0516. The van der Waals surface area contributed by atoms with Crippen LogP contribution in [0.5, 0.6) is 0 Å². The van der Waals surface area contributed by atoms with Gasteiger partial charge in [0.1, 0.15) is 11.7 Å². The first-order valence-corrected chi connectivity index (χ1v) is 8.38. The molecule has 5 heteroatoms. The lowest BCUT2D eigenvalue weighted by atomic mass is 10.0. The Morgan fingerprint density at radius 1 is 1.15 bits per heavy atom. The molecular formula is C21H19N3O2. The highest BCUT2D eigenvalue weighted by Crippen LogP contribution is 2.19. The lowest BCUT2D eigenvalue weighted by Gasteiger charge is -2.35. The summed E-state index contributed by atoms with van der Waals surface area (Å²) >= 11 is 0. The van der Waals surface area contributed by atoms with Gasteiger partial charge in [-0.1, -0.05) is 43.9 Å². The van der Waals surface area contributed by atoms with Gasteiger partial charge < -0.3 is 5.32 Å². The first kappa shape index (κ1) is 17.4. The maximum atomic E-state index is 12.9. The van der Waals surface area contributed by atoms with E-state index < -0.39 is 6.17 Å². The lowest BCUT2D eigenvalue weighted by Crippen LogP contribution is -2.54. The van der Waals surface area contributed by atoms with Crippen molar-refractivity contribution in [2.24, 2.45) is 5.92 Å². The van der Waals surface area contributed by atoms with Crippen LogP contribution in [0.1, 0.15) is 29.8 Å². The van der Waals surface area contributed by atoms with Gasteiger partial charge in [-0.25, -0.2) is 0 Å². The third kappa shape index (κ3) is 3.81. The van der Waals surface area contributed by atoms with Crippen LogP contribution in [0.2, 0.25) is 0 Å². The van der Waals surface area contributed by atoms with Gasteiger partial charge in [0.05, 0.1) is 0 Å². The van der Waals surface area contributed by atoms with Crippen LogP contribution in [0, 0.1) is 17.8 Å². The molecule has 2 amide bonds. The van der Waals surface area contributed by atoms with E-state index in [2.05, 4.69) is 22.1 Å². The molecule has 0 aliphatic carbocycles. The second kappa shape index (κ2) is 7.66. The van der Waals surface area contributed by atoms with Crippen molar-refractivity contribution in [2.45, 2.75) is 20.0 Å². The van der Waals surface area contributed by atoms with Crippen molar-refractivity contribution in [3.05, 3.63) is 77.8 Å². The highest BCUT2D eigenvalue weighted by Gasteiger charge is 2.32. The van der Waals surface area contributed by atoms with Crippen LogP contribution in [0.15, 0.2) is 66.6 Å². The quantitative estimate of drug-likeness (QED) is 0.851. The summed E-state index contributed by atoms with van der Waals surface area (Å²) < 4.78 is 0. The highest BCUT2D eigenvalue weighted by molar-refractivity contribution is 6.02. The molecule has 2 aromatic rings. The van der Waals surface area contributed by atoms with Gasteiger partial charge in [0, 0.05) is 29.7 Å². The van der Waals surface area contributed by atoms with Gasteiger partial charge in [0.2, 0.25) is 0 Å². The number of nitrogens with zero attached hydrogens (tertiary/aromatic N) is 2. The summed E-state index contributed by atoms with van der Waals surface area (Å²) in [5.41, 5.74) is 1.51. The molecule has 1 N–H and O–H groups in total. The Hall–Kier alpha value is -3.39. The van der Waals surface area contributed by atoms with Gasteiger partial charge in [0.25, 0.3) is 11.8 Å². The Balaban J connectivity index is 1.96. The molecular weight excluding hydrogens is 326 g/mol. The average Bonchev–Trinajstić information content (AvgIpc) is 2.67. The Bertz CT molecular complexity index is 893. The minimum Gasteiger partial charge on any atom is -0.331 e. The van der Waals surface area contributed by atoms with Crippen molar-refractivity contribution in [3.8, 4) is 11.8 Å². The zero-order chi connectivity index (χ0) is 18.5. The van der Waals surface area contributed by atoms with Gasteiger partial charge in [-0.05, 0) is 30.2 Å².